The normalized spacial score (nSPS) is 18.1. The van der Waals surface area contributed by atoms with Crippen LogP contribution in [0.5, 0.6) is 0 Å². The zero-order chi connectivity index (χ0) is 14.9. The van der Waals surface area contributed by atoms with E-state index >= 15 is 0 Å². The lowest BCUT2D eigenvalue weighted by Gasteiger charge is -2.21. The quantitative estimate of drug-likeness (QED) is 0.802. The molecule has 0 bridgehead atoms. The maximum Gasteiger partial charge on any atom is 0.243 e. The third-order valence-corrected chi connectivity index (χ3v) is 5.57. The first-order valence-electron chi connectivity index (χ1n) is 6.43. The molecule has 0 aromatic heterocycles. The van der Waals surface area contributed by atoms with Gasteiger partial charge in [0.1, 0.15) is 0 Å². The third kappa shape index (κ3) is 2.64. The second kappa shape index (κ2) is 5.41. The fraction of sp³-hybridized carbons (Fsp3) is 0.462. The van der Waals surface area contributed by atoms with E-state index in [1.54, 1.807) is 31.0 Å². The van der Waals surface area contributed by atoms with Crippen molar-refractivity contribution in [3.05, 3.63) is 23.8 Å². The summed E-state index contributed by atoms with van der Waals surface area (Å²) in [4.78, 5) is 13.6. The summed E-state index contributed by atoms with van der Waals surface area (Å²) in [6.07, 6.45) is 0.628. The molecular formula is C13H19N3O3S. The van der Waals surface area contributed by atoms with Gasteiger partial charge in [0.2, 0.25) is 15.9 Å². The highest BCUT2D eigenvalue weighted by molar-refractivity contribution is 7.89. The zero-order valence-electron chi connectivity index (χ0n) is 11.7. The number of sulfonamides is 1. The summed E-state index contributed by atoms with van der Waals surface area (Å²) in [6.45, 7) is 2.47. The Morgan fingerprint density at radius 1 is 1.25 bits per heavy atom. The van der Waals surface area contributed by atoms with Crippen LogP contribution in [0.3, 0.4) is 0 Å². The lowest BCUT2D eigenvalue weighted by atomic mass is 10.2. The highest BCUT2D eigenvalue weighted by Gasteiger charge is 2.30. The number of benzene rings is 1. The predicted molar refractivity (Wildman–Crippen MR) is 76.6 cm³/mol. The molecule has 110 valence electrons. The highest BCUT2D eigenvalue weighted by atomic mass is 32.2. The molecule has 6 nitrogen and oxygen atoms in total. The van der Waals surface area contributed by atoms with Gasteiger partial charge in [-0.3, -0.25) is 4.79 Å². The molecule has 2 rings (SSSR count). The number of carbonyl (C=O) groups is 1. The van der Waals surface area contributed by atoms with E-state index in [1.807, 2.05) is 0 Å². The molecule has 1 fully saturated rings. The standard InChI is InChI=1S/C13H19N3O3S/c1-10-11(14)5-3-6-12(10)20(18,19)16-8-4-7-15(2)13(17)9-16/h3,5-6H,4,7-9,14H2,1-2H3. The van der Waals surface area contributed by atoms with Gasteiger partial charge in [0.25, 0.3) is 0 Å². The Balaban J connectivity index is 2.39. The number of anilines is 1. The molecule has 0 aliphatic carbocycles. The summed E-state index contributed by atoms with van der Waals surface area (Å²) in [5.41, 5.74) is 6.73. The van der Waals surface area contributed by atoms with Crippen molar-refractivity contribution in [3.63, 3.8) is 0 Å². The second-order valence-corrected chi connectivity index (χ2v) is 6.88. The summed E-state index contributed by atoms with van der Waals surface area (Å²) in [5, 5.41) is 0. The van der Waals surface area contributed by atoms with Crippen LogP contribution in [0.1, 0.15) is 12.0 Å². The van der Waals surface area contributed by atoms with Crippen LogP contribution >= 0.6 is 0 Å². The molecule has 2 N–H and O–H groups in total. The number of hydrogen-bond acceptors (Lipinski definition) is 4. The molecule has 1 amide bonds. The van der Waals surface area contributed by atoms with Crippen LogP contribution < -0.4 is 5.73 Å². The Labute approximate surface area is 119 Å². The lowest BCUT2D eigenvalue weighted by molar-refractivity contribution is -0.129. The fourth-order valence-corrected chi connectivity index (χ4v) is 3.90. The van der Waals surface area contributed by atoms with E-state index in [4.69, 9.17) is 5.73 Å². The predicted octanol–water partition coefficient (Wildman–Crippen LogP) is 0.430. The van der Waals surface area contributed by atoms with Gasteiger partial charge in [-0.2, -0.15) is 4.31 Å². The fourth-order valence-electron chi connectivity index (χ4n) is 2.21. The van der Waals surface area contributed by atoms with Crippen molar-refractivity contribution in [2.75, 3.05) is 32.4 Å². The number of rotatable bonds is 2. The Kier molecular flexibility index (Phi) is 4.01. The first-order chi connectivity index (χ1) is 9.34. The van der Waals surface area contributed by atoms with Crippen molar-refractivity contribution in [1.82, 2.24) is 9.21 Å². The molecule has 0 saturated carbocycles. The van der Waals surface area contributed by atoms with Crippen molar-refractivity contribution in [3.8, 4) is 0 Å². The van der Waals surface area contributed by atoms with E-state index in [9.17, 15) is 13.2 Å². The van der Waals surface area contributed by atoms with Gasteiger partial charge in [0.05, 0.1) is 11.4 Å². The minimum atomic E-state index is -3.69. The molecule has 1 aliphatic heterocycles. The minimum absolute atomic E-state index is 0.118. The molecule has 1 heterocycles. The Hall–Kier alpha value is -1.60. The van der Waals surface area contributed by atoms with Gasteiger partial charge in [-0.05, 0) is 31.0 Å². The second-order valence-electron chi connectivity index (χ2n) is 4.98. The molecule has 1 aromatic carbocycles. The summed E-state index contributed by atoms with van der Waals surface area (Å²) in [5.74, 6) is -0.187. The van der Waals surface area contributed by atoms with Crippen LogP contribution in [-0.4, -0.2) is 50.2 Å². The topological polar surface area (TPSA) is 83.7 Å². The van der Waals surface area contributed by atoms with Crippen molar-refractivity contribution in [2.45, 2.75) is 18.2 Å². The van der Waals surface area contributed by atoms with E-state index in [1.165, 1.54) is 10.4 Å². The lowest BCUT2D eigenvalue weighted by Crippen LogP contribution is -2.38. The number of carbonyl (C=O) groups excluding carboxylic acids is 1. The van der Waals surface area contributed by atoms with Crippen LogP contribution in [0, 0.1) is 6.92 Å². The summed E-state index contributed by atoms with van der Waals surface area (Å²) in [6, 6.07) is 4.80. The van der Waals surface area contributed by atoms with Crippen molar-refractivity contribution >= 4 is 21.6 Å². The molecule has 0 atom stereocenters. The Morgan fingerprint density at radius 2 is 1.95 bits per heavy atom. The SMILES string of the molecule is Cc1c(N)cccc1S(=O)(=O)N1CCCN(C)C(=O)C1. The maximum absolute atomic E-state index is 12.7. The average Bonchev–Trinajstić information content (AvgIpc) is 2.56. The van der Waals surface area contributed by atoms with Gasteiger partial charge in [-0.1, -0.05) is 6.07 Å². The van der Waals surface area contributed by atoms with Crippen molar-refractivity contribution < 1.29 is 13.2 Å². The number of nitrogens with two attached hydrogens (primary N) is 1. The molecule has 0 unspecified atom stereocenters. The van der Waals surface area contributed by atoms with E-state index in [0.717, 1.165) is 0 Å². The van der Waals surface area contributed by atoms with Gasteiger partial charge in [0.15, 0.2) is 0 Å². The summed E-state index contributed by atoms with van der Waals surface area (Å²) < 4.78 is 26.6. The van der Waals surface area contributed by atoms with Crippen molar-refractivity contribution in [1.29, 1.82) is 0 Å². The number of nitrogen functional groups attached to an aromatic ring is 1. The van der Waals surface area contributed by atoms with Crippen LogP contribution in [0.15, 0.2) is 23.1 Å². The smallest absolute Gasteiger partial charge is 0.243 e. The minimum Gasteiger partial charge on any atom is -0.398 e. The molecule has 1 aliphatic rings. The molecular weight excluding hydrogens is 278 g/mol. The van der Waals surface area contributed by atoms with Crippen LogP contribution in [0.25, 0.3) is 0 Å². The largest absolute Gasteiger partial charge is 0.398 e. The Morgan fingerprint density at radius 3 is 2.65 bits per heavy atom. The number of likely N-dealkylation sites (N-methyl/N-ethyl adjacent to an activating group) is 1. The monoisotopic (exact) mass is 297 g/mol. The Bertz CT molecular complexity index is 628. The van der Waals surface area contributed by atoms with E-state index in [2.05, 4.69) is 0 Å². The van der Waals surface area contributed by atoms with Crippen LogP contribution in [0.2, 0.25) is 0 Å². The third-order valence-electron chi connectivity index (χ3n) is 3.58. The first kappa shape index (κ1) is 14.8. The molecule has 1 aromatic rings. The van der Waals surface area contributed by atoms with E-state index in [-0.39, 0.29) is 17.3 Å². The molecule has 0 radical (unpaired) electrons. The van der Waals surface area contributed by atoms with Crippen LogP contribution in [-0.2, 0) is 14.8 Å². The summed E-state index contributed by atoms with van der Waals surface area (Å²) in [7, 11) is -2.00. The zero-order valence-corrected chi connectivity index (χ0v) is 12.5. The van der Waals surface area contributed by atoms with Crippen LogP contribution in [0.4, 0.5) is 5.69 Å². The maximum atomic E-state index is 12.7. The number of hydrogen-bond donors (Lipinski definition) is 1. The van der Waals surface area contributed by atoms with Gasteiger partial charge in [-0.25, -0.2) is 8.42 Å². The van der Waals surface area contributed by atoms with Crippen molar-refractivity contribution in [2.24, 2.45) is 0 Å². The first-order valence-corrected chi connectivity index (χ1v) is 7.87. The van der Waals surface area contributed by atoms with E-state index < -0.39 is 10.0 Å². The molecule has 0 spiro atoms. The number of amides is 1. The van der Waals surface area contributed by atoms with E-state index in [0.29, 0.717) is 30.8 Å². The van der Waals surface area contributed by atoms with Gasteiger partial charge < -0.3 is 10.6 Å². The summed E-state index contributed by atoms with van der Waals surface area (Å²) >= 11 is 0. The van der Waals surface area contributed by atoms with Gasteiger partial charge in [0, 0.05) is 25.8 Å². The average molecular weight is 297 g/mol. The van der Waals surface area contributed by atoms with Gasteiger partial charge >= 0.3 is 0 Å². The molecule has 20 heavy (non-hydrogen) atoms. The number of nitrogens with zero attached hydrogens (tertiary/aromatic N) is 2. The molecule has 1 saturated heterocycles. The molecule has 7 heteroatoms. The van der Waals surface area contributed by atoms with Gasteiger partial charge in [-0.15, -0.1) is 0 Å². The highest BCUT2D eigenvalue weighted by Crippen LogP contribution is 2.24.